The highest BCUT2D eigenvalue weighted by molar-refractivity contribution is 5.92. The lowest BCUT2D eigenvalue weighted by molar-refractivity contribution is -0.142. The molecule has 126 valence electrons. The molecule has 0 saturated heterocycles. The summed E-state index contributed by atoms with van der Waals surface area (Å²) in [6.45, 7) is 4.77. The molecule has 1 rings (SSSR count). The lowest BCUT2D eigenvalue weighted by Crippen LogP contribution is -2.24. The Morgan fingerprint density at radius 2 is 1.96 bits per heavy atom. The summed E-state index contributed by atoms with van der Waals surface area (Å²) in [6.07, 6.45) is 3.22. The lowest BCUT2D eigenvalue weighted by atomic mass is 10.2. The number of hydrogen-bond donors (Lipinski definition) is 1. The SMILES string of the molecule is CCOC(=O)CCNC(=O)/C=C/c1ccc(OCC)c(OC)c1. The Bertz CT molecular complexity index is 554. The highest BCUT2D eigenvalue weighted by Gasteiger charge is 2.05. The smallest absolute Gasteiger partial charge is 0.307 e. The van der Waals surface area contributed by atoms with E-state index in [1.54, 1.807) is 32.2 Å². The van der Waals surface area contributed by atoms with E-state index in [1.807, 2.05) is 13.0 Å². The third kappa shape index (κ3) is 6.86. The predicted octanol–water partition coefficient (Wildman–Crippen LogP) is 2.18. The summed E-state index contributed by atoms with van der Waals surface area (Å²) >= 11 is 0. The summed E-state index contributed by atoms with van der Waals surface area (Å²) in [5.41, 5.74) is 0.811. The van der Waals surface area contributed by atoms with Crippen molar-refractivity contribution in [2.75, 3.05) is 26.9 Å². The number of hydrogen-bond acceptors (Lipinski definition) is 5. The van der Waals surface area contributed by atoms with Crippen LogP contribution in [0.4, 0.5) is 0 Å². The van der Waals surface area contributed by atoms with Gasteiger partial charge in [0, 0.05) is 12.6 Å². The Labute approximate surface area is 136 Å². The Morgan fingerprint density at radius 1 is 1.17 bits per heavy atom. The highest BCUT2D eigenvalue weighted by atomic mass is 16.5. The molecule has 0 fully saturated rings. The summed E-state index contributed by atoms with van der Waals surface area (Å²) in [5.74, 6) is 0.665. The van der Waals surface area contributed by atoms with Gasteiger partial charge in [0.05, 0.1) is 26.7 Å². The molecular formula is C17H23NO5. The average molecular weight is 321 g/mol. The van der Waals surface area contributed by atoms with Crippen molar-refractivity contribution in [3.05, 3.63) is 29.8 Å². The Morgan fingerprint density at radius 3 is 2.61 bits per heavy atom. The highest BCUT2D eigenvalue weighted by Crippen LogP contribution is 2.28. The fourth-order valence-corrected chi connectivity index (χ4v) is 1.81. The monoisotopic (exact) mass is 321 g/mol. The largest absolute Gasteiger partial charge is 0.493 e. The molecule has 0 unspecified atom stereocenters. The molecule has 1 amide bonds. The number of esters is 1. The van der Waals surface area contributed by atoms with Crippen LogP contribution in [-0.4, -0.2) is 38.7 Å². The first-order valence-corrected chi connectivity index (χ1v) is 7.53. The van der Waals surface area contributed by atoms with Crippen molar-refractivity contribution in [2.24, 2.45) is 0 Å². The molecule has 0 aliphatic rings. The van der Waals surface area contributed by atoms with Crippen LogP contribution in [0, 0.1) is 0 Å². The van der Waals surface area contributed by atoms with Gasteiger partial charge in [0.15, 0.2) is 11.5 Å². The minimum absolute atomic E-state index is 0.157. The fourth-order valence-electron chi connectivity index (χ4n) is 1.81. The second-order valence-corrected chi connectivity index (χ2v) is 4.52. The fraction of sp³-hybridized carbons (Fsp3) is 0.412. The van der Waals surface area contributed by atoms with E-state index in [1.165, 1.54) is 6.08 Å². The Hall–Kier alpha value is -2.50. The number of ether oxygens (including phenoxy) is 3. The summed E-state index contributed by atoms with van der Waals surface area (Å²) in [5, 5.41) is 2.62. The average Bonchev–Trinajstić information content (AvgIpc) is 2.54. The normalized spacial score (nSPS) is 10.4. The van der Waals surface area contributed by atoms with Gasteiger partial charge in [-0.25, -0.2) is 0 Å². The van der Waals surface area contributed by atoms with Crippen molar-refractivity contribution in [2.45, 2.75) is 20.3 Å². The van der Waals surface area contributed by atoms with Crippen molar-refractivity contribution in [3.8, 4) is 11.5 Å². The molecule has 23 heavy (non-hydrogen) atoms. The maximum atomic E-state index is 11.7. The van der Waals surface area contributed by atoms with Crippen LogP contribution >= 0.6 is 0 Å². The van der Waals surface area contributed by atoms with Gasteiger partial charge < -0.3 is 19.5 Å². The van der Waals surface area contributed by atoms with Gasteiger partial charge in [-0.3, -0.25) is 9.59 Å². The van der Waals surface area contributed by atoms with Crippen LogP contribution < -0.4 is 14.8 Å². The van der Waals surface area contributed by atoms with Gasteiger partial charge in [0.25, 0.3) is 0 Å². The van der Waals surface area contributed by atoms with Crippen LogP contribution in [0.1, 0.15) is 25.8 Å². The zero-order valence-electron chi connectivity index (χ0n) is 13.8. The van der Waals surface area contributed by atoms with Crippen LogP contribution in [-0.2, 0) is 14.3 Å². The third-order valence-electron chi connectivity index (χ3n) is 2.85. The molecule has 0 spiro atoms. The molecule has 6 heteroatoms. The first kappa shape index (κ1) is 18.5. The molecule has 1 aromatic carbocycles. The number of benzene rings is 1. The van der Waals surface area contributed by atoms with E-state index in [0.717, 1.165) is 5.56 Å². The zero-order valence-corrected chi connectivity index (χ0v) is 13.8. The van der Waals surface area contributed by atoms with Crippen LogP contribution in [0.3, 0.4) is 0 Å². The molecule has 0 aromatic heterocycles. The maximum Gasteiger partial charge on any atom is 0.307 e. The van der Waals surface area contributed by atoms with E-state index >= 15 is 0 Å². The van der Waals surface area contributed by atoms with E-state index in [-0.39, 0.29) is 24.8 Å². The molecular weight excluding hydrogens is 298 g/mol. The topological polar surface area (TPSA) is 73.9 Å². The van der Waals surface area contributed by atoms with Gasteiger partial charge in [-0.05, 0) is 37.6 Å². The van der Waals surface area contributed by atoms with Crippen LogP contribution in [0.15, 0.2) is 24.3 Å². The van der Waals surface area contributed by atoms with Crippen molar-refractivity contribution in [3.63, 3.8) is 0 Å². The summed E-state index contributed by atoms with van der Waals surface area (Å²) in [4.78, 5) is 22.8. The second-order valence-electron chi connectivity index (χ2n) is 4.52. The molecule has 0 atom stereocenters. The molecule has 0 heterocycles. The van der Waals surface area contributed by atoms with Gasteiger partial charge >= 0.3 is 5.97 Å². The Kier molecular flexibility index (Phi) is 8.28. The lowest BCUT2D eigenvalue weighted by Gasteiger charge is -2.09. The second kappa shape index (κ2) is 10.3. The number of methoxy groups -OCH3 is 1. The zero-order chi connectivity index (χ0) is 17.1. The summed E-state index contributed by atoms with van der Waals surface area (Å²) < 4.78 is 15.5. The number of nitrogens with one attached hydrogen (secondary N) is 1. The van der Waals surface area contributed by atoms with E-state index < -0.39 is 0 Å². The van der Waals surface area contributed by atoms with Crippen LogP contribution in [0.5, 0.6) is 11.5 Å². The van der Waals surface area contributed by atoms with Crippen molar-refractivity contribution in [1.29, 1.82) is 0 Å². The van der Waals surface area contributed by atoms with E-state index in [4.69, 9.17) is 14.2 Å². The Balaban J connectivity index is 2.53. The van der Waals surface area contributed by atoms with Crippen LogP contribution in [0.2, 0.25) is 0 Å². The quantitative estimate of drug-likeness (QED) is 0.557. The first-order chi connectivity index (χ1) is 11.1. The number of rotatable bonds is 9. The van der Waals surface area contributed by atoms with Gasteiger partial charge in [-0.2, -0.15) is 0 Å². The number of amides is 1. The van der Waals surface area contributed by atoms with Gasteiger partial charge in [-0.1, -0.05) is 6.07 Å². The predicted molar refractivity (Wildman–Crippen MR) is 87.5 cm³/mol. The molecule has 0 aliphatic heterocycles. The molecule has 0 bridgehead atoms. The van der Waals surface area contributed by atoms with Gasteiger partial charge in [0.1, 0.15) is 0 Å². The number of carbonyl (C=O) groups is 2. The number of carbonyl (C=O) groups excluding carboxylic acids is 2. The third-order valence-corrected chi connectivity index (χ3v) is 2.85. The maximum absolute atomic E-state index is 11.7. The molecule has 6 nitrogen and oxygen atoms in total. The molecule has 1 N–H and O–H groups in total. The molecule has 0 radical (unpaired) electrons. The first-order valence-electron chi connectivity index (χ1n) is 7.53. The summed E-state index contributed by atoms with van der Waals surface area (Å²) in [7, 11) is 1.56. The van der Waals surface area contributed by atoms with Crippen LogP contribution in [0.25, 0.3) is 6.08 Å². The van der Waals surface area contributed by atoms with E-state index in [2.05, 4.69) is 5.32 Å². The van der Waals surface area contributed by atoms with Gasteiger partial charge in [-0.15, -0.1) is 0 Å². The molecule has 0 saturated carbocycles. The standard InChI is InChI=1S/C17H23NO5/c1-4-22-14-8-6-13(12-15(14)21-3)7-9-16(19)18-11-10-17(20)23-5-2/h6-9,12H,4-5,10-11H2,1-3H3,(H,18,19)/b9-7+. The summed E-state index contributed by atoms with van der Waals surface area (Å²) in [6, 6.07) is 5.41. The minimum Gasteiger partial charge on any atom is -0.493 e. The van der Waals surface area contributed by atoms with Crippen molar-refractivity contribution in [1.82, 2.24) is 5.32 Å². The van der Waals surface area contributed by atoms with Crippen molar-refractivity contribution >= 4 is 18.0 Å². The molecule has 1 aromatic rings. The molecule has 0 aliphatic carbocycles. The minimum atomic E-state index is -0.326. The van der Waals surface area contributed by atoms with Gasteiger partial charge in [0.2, 0.25) is 5.91 Å². The van der Waals surface area contributed by atoms with E-state index in [9.17, 15) is 9.59 Å². The van der Waals surface area contributed by atoms with Crippen molar-refractivity contribution < 1.29 is 23.8 Å². The van der Waals surface area contributed by atoms with E-state index in [0.29, 0.717) is 24.7 Å².